The van der Waals surface area contributed by atoms with E-state index in [1.807, 2.05) is 6.07 Å². The second-order valence-electron chi connectivity index (χ2n) is 3.01. The van der Waals surface area contributed by atoms with Gasteiger partial charge < -0.3 is 9.90 Å². The van der Waals surface area contributed by atoms with Crippen LogP contribution in [0.25, 0.3) is 0 Å². The Morgan fingerprint density at radius 3 is 2.76 bits per heavy atom. The molecule has 0 spiro atoms. The summed E-state index contributed by atoms with van der Waals surface area (Å²) in [6, 6.07) is 8.61. The Morgan fingerprint density at radius 2 is 2.18 bits per heavy atom. The first-order valence-corrected chi connectivity index (χ1v) is 4.45. The normalized spacial score (nSPS) is 9.41. The predicted molar refractivity (Wildman–Crippen MR) is 53.3 cm³/mol. The summed E-state index contributed by atoms with van der Waals surface area (Å²) in [5, 5.41) is 27.5. The number of rotatable bonds is 4. The fourth-order valence-electron chi connectivity index (χ4n) is 0.998. The average Bonchev–Trinajstić information content (AvgIpc) is 2.26. The number of benzene rings is 1. The average molecular weight is 240 g/mol. The monoisotopic (exact) mass is 240 g/mol. The summed E-state index contributed by atoms with van der Waals surface area (Å²) < 4.78 is 0. The quantitative estimate of drug-likeness (QED) is 0.324. The minimum absolute atomic E-state index is 0. The number of carbonyl (C=O) groups excluding carboxylic acids is 1. The molecule has 1 aromatic carbocycles. The molecule has 1 aromatic rings. The van der Waals surface area contributed by atoms with Crippen molar-refractivity contribution in [2.24, 2.45) is 10.3 Å². The molecule has 0 fully saturated rings. The Bertz CT molecular complexity index is 456. The molecule has 0 N–H and O–H groups in total. The summed E-state index contributed by atoms with van der Waals surface area (Å²) in [5.74, 6) is -1.24. The van der Waals surface area contributed by atoms with E-state index in [0.717, 1.165) is 5.01 Å². The maximum absolute atomic E-state index is 10.2. The number of carboxylic acid groups (broad SMARTS) is 1. The molecule has 6 nitrogen and oxygen atoms in total. The van der Waals surface area contributed by atoms with Gasteiger partial charge in [-0.05, 0) is 12.1 Å². The van der Waals surface area contributed by atoms with Gasteiger partial charge in [0.15, 0.2) is 0 Å². The molecule has 0 aliphatic rings. The Hall–Kier alpha value is -1.42. The summed E-state index contributed by atoms with van der Waals surface area (Å²) in [5.41, 5.74) is 0.781. The summed E-state index contributed by atoms with van der Waals surface area (Å²) >= 11 is 0. The SMILES string of the molecule is CN(CC(=O)[O-])N=Nc1ccccc1C#N.[Na+]. The first kappa shape index (κ1) is 15.6. The van der Waals surface area contributed by atoms with E-state index in [4.69, 9.17) is 5.26 Å². The van der Waals surface area contributed by atoms with Gasteiger partial charge in [-0.25, -0.2) is 0 Å². The molecule has 82 valence electrons. The molecular formula is C10H9N4NaO2. The van der Waals surface area contributed by atoms with Gasteiger partial charge >= 0.3 is 29.6 Å². The standard InChI is InChI=1S/C10H10N4O2.Na/c1-14(7-10(15)16)13-12-9-5-3-2-4-8(9)6-11;/h2-5H,7H2,1H3,(H,15,16);/q;+1/p-1. The van der Waals surface area contributed by atoms with Crippen LogP contribution < -0.4 is 34.7 Å². The van der Waals surface area contributed by atoms with Crippen molar-refractivity contribution in [3.63, 3.8) is 0 Å². The Morgan fingerprint density at radius 1 is 1.53 bits per heavy atom. The number of aliphatic carboxylic acids is 1. The molecule has 0 radical (unpaired) electrons. The minimum atomic E-state index is -1.24. The van der Waals surface area contributed by atoms with Crippen LogP contribution in [-0.4, -0.2) is 24.6 Å². The largest absolute Gasteiger partial charge is 1.00 e. The number of hydrogen-bond donors (Lipinski definition) is 0. The zero-order valence-corrected chi connectivity index (χ0v) is 11.6. The van der Waals surface area contributed by atoms with Crippen molar-refractivity contribution in [2.45, 2.75) is 0 Å². The third-order valence-electron chi connectivity index (χ3n) is 1.69. The van der Waals surface area contributed by atoms with E-state index in [0.29, 0.717) is 11.3 Å². The van der Waals surface area contributed by atoms with E-state index in [1.165, 1.54) is 7.05 Å². The molecule has 0 unspecified atom stereocenters. The van der Waals surface area contributed by atoms with Crippen molar-refractivity contribution in [2.75, 3.05) is 13.6 Å². The third kappa shape index (κ3) is 5.45. The van der Waals surface area contributed by atoms with Gasteiger partial charge in [-0.15, -0.1) is 5.11 Å². The molecule has 0 aromatic heterocycles. The van der Waals surface area contributed by atoms with Crippen LogP contribution in [-0.2, 0) is 4.79 Å². The van der Waals surface area contributed by atoms with Crippen molar-refractivity contribution in [1.29, 1.82) is 5.26 Å². The van der Waals surface area contributed by atoms with Gasteiger partial charge in [-0.3, -0.25) is 5.01 Å². The Kier molecular flexibility index (Phi) is 7.14. The molecule has 1 rings (SSSR count). The van der Waals surface area contributed by atoms with Crippen LogP contribution in [0.4, 0.5) is 5.69 Å². The van der Waals surface area contributed by atoms with Crippen molar-refractivity contribution >= 4 is 11.7 Å². The number of hydrogen-bond acceptors (Lipinski definition) is 5. The zero-order chi connectivity index (χ0) is 12.0. The third-order valence-corrected chi connectivity index (χ3v) is 1.69. The number of likely N-dealkylation sites (N-methyl/N-ethyl adjacent to an activating group) is 1. The molecule has 7 heteroatoms. The predicted octanol–water partition coefficient (Wildman–Crippen LogP) is -2.76. The van der Waals surface area contributed by atoms with Gasteiger partial charge in [0.25, 0.3) is 0 Å². The van der Waals surface area contributed by atoms with E-state index < -0.39 is 5.97 Å². The van der Waals surface area contributed by atoms with Gasteiger partial charge in [-0.1, -0.05) is 17.4 Å². The molecule has 0 atom stereocenters. The van der Waals surface area contributed by atoms with E-state index in [2.05, 4.69) is 10.3 Å². The summed E-state index contributed by atoms with van der Waals surface area (Å²) in [6.45, 7) is -0.349. The van der Waals surface area contributed by atoms with E-state index in [1.54, 1.807) is 24.3 Å². The topological polar surface area (TPSA) is 91.9 Å². The fraction of sp³-hybridized carbons (Fsp3) is 0.200. The molecular weight excluding hydrogens is 231 g/mol. The number of carboxylic acids is 1. The molecule has 0 heterocycles. The molecule has 17 heavy (non-hydrogen) atoms. The molecule has 0 saturated heterocycles. The van der Waals surface area contributed by atoms with Crippen LogP contribution in [0.3, 0.4) is 0 Å². The van der Waals surface area contributed by atoms with E-state index >= 15 is 0 Å². The Balaban J connectivity index is 0.00000256. The second-order valence-corrected chi connectivity index (χ2v) is 3.01. The van der Waals surface area contributed by atoms with Crippen molar-refractivity contribution in [3.8, 4) is 6.07 Å². The van der Waals surface area contributed by atoms with Crippen molar-refractivity contribution in [1.82, 2.24) is 5.01 Å². The molecule has 0 bridgehead atoms. The van der Waals surface area contributed by atoms with Gasteiger partial charge in [0.05, 0.1) is 18.1 Å². The van der Waals surface area contributed by atoms with E-state index in [-0.39, 0.29) is 36.1 Å². The minimum Gasteiger partial charge on any atom is -0.548 e. The summed E-state index contributed by atoms with van der Waals surface area (Å²) in [4.78, 5) is 10.2. The zero-order valence-electron chi connectivity index (χ0n) is 9.62. The van der Waals surface area contributed by atoms with E-state index in [9.17, 15) is 9.90 Å². The van der Waals surface area contributed by atoms with Crippen LogP contribution in [0.1, 0.15) is 5.56 Å². The van der Waals surface area contributed by atoms with Crippen molar-refractivity contribution < 1.29 is 39.5 Å². The maximum Gasteiger partial charge on any atom is 1.00 e. The number of carbonyl (C=O) groups is 1. The van der Waals surface area contributed by atoms with Crippen LogP contribution >= 0.6 is 0 Å². The maximum atomic E-state index is 10.2. The molecule has 0 aliphatic carbocycles. The van der Waals surface area contributed by atoms with Gasteiger partial charge in [0, 0.05) is 7.05 Å². The number of nitrogens with zero attached hydrogens (tertiary/aromatic N) is 4. The second kappa shape index (κ2) is 7.79. The summed E-state index contributed by atoms with van der Waals surface area (Å²) in [7, 11) is 1.45. The van der Waals surface area contributed by atoms with Crippen LogP contribution in [0.5, 0.6) is 0 Å². The smallest absolute Gasteiger partial charge is 0.548 e. The number of nitriles is 1. The Labute approximate surface area is 121 Å². The molecule has 0 amide bonds. The fourth-order valence-corrected chi connectivity index (χ4v) is 0.998. The van der Waals surface area contributed by atoms with Gasteiger partial charge in [-0.2, -0.15) is 5.26 Å². The van der Waals surface area contributed by atoms with Gasteiger partial charge in [0.2, 0.25) is 0 Å². The van der Waals surface area contributed by atoms with Crippen LogP contribution in [0.15, 0.2) is 34.6 Å². The van der Waals surface area contributed by atoms with Gasteiger partial charge in [0.1, 0.15) is 11.8 Å². The first-order chi connectivity index (χ1) is 7.63. The van der Waals surface area contributed by atoms with Crippen molar-refractivity contribution in [3.05, 3.63) is 29.8 Å². The molecule has 0 aliphatic heterocycles. The van der Waals surface area contributed by atoms with Crippen LogP contribution in [0, 0.1) is 11.3 Å². The summed E-state index contributed by atoms with van der Waals surface area (Å²) in [6.07, 6.45) is 0. The first-order valence-electron chi connectivity index (χ1n) is 4.45. The van der Waals surface area contributed by atoms with Crippen LogP contribution in [0.2, 0.25) is 0 Å². The molecule has 0 saturated carbocycles.